The molecular weight excluding hydrogens is 673 g/mol. The lowest BCUT2D eigenvalue weighted by molar-refractivity contribution is -0.116. The molecule has 0 unspecified atom stereocenters. The van der Waals surface area contributed by atoms with E-state index < -0.39 is 11.6 Å². The molecule has 4 aromatic carbocycles. The molecule has 0 saturated carbocycles. The Kier molecular flexibility index (Phi) is 12.9. The maximum absolute atomic E-state index is 13.6. The standard InChI is InChI=1S/C40H36O8S2/c1-43-33-21-29(22-34(44-2)38(33)47-25-27-11-7-5-8-12-27)15-17-31(41)37(40-49-19-20-50-40)32(42)18-16-30-23-35(45-3)39(36(24-30)46-4)48-26-28-13-9-6-10-14-28/h5-24H,25-26H2,1-4H3/b17-15+,18-16+. The third-order valence-corrected chi connectivity index (χ3v) is 9.51. The van der Waals surface area contributed by atoms with Crippen molar-refractivity contribution in [2.45, 2.75) is 13.2 Å². The van der Waals surface area contributed by atoms with Gasteiger partial charge in [-0.15, -0.1) is 0 Å². The minimum atomic E-state index is -0.444. The Balaban J connectivity index is 1.35. The second-order valence-electron chi connectivity index (χ2n) is 10.6. The molecule has 256 valence electrons. The van der Waals surface area contributed by atoms with Crippen LogP contribution in [0.5, 0.6) is 34.5 Å². The van der Waals surface area contributed by atoms with Gasteiger partial charge in [-0.05, 0) is 69.5 Å². The number of rotatable bonds is 16. The fraction of sp³-hybridized carbons (Fsp3) is 0.150. The topological polar surface area (TPSA) is 89.5 Å². The van der Waals surface area contributed by atoms with Gasteiger partial charge in [0.1, 0.15) is 13.2 Å². The van der Waals surface area contributed by atoms with Gasteiger partial charge < -0.3 is 28.4 Å². The summed E-state index contributed by atoms with van der Waals surface area (Å²) in [6, 6.07) is 26.5. The summed E-state index contributed by atoms with van der Waals surface area (Å²) in [5.74, 6) is 1.77. The van der Waals surface area contributed by atoms with Gasteiger partial charge in [0.2, 0.25) is 11.5 Å². The van der Waals surface area contributed by atoms with Crippen LogP contribution in [0.15, 0.2) is 118 Å². The summed E-state index contributed by atoms with van der Waals surface area (Å²) in [6.07, 6.45) is 5.98. The summed E-state index contributed by atoms with van der Waals surface area (Å²) < 4.78 is 35.1. The minimum Gasteiger partial charge on any atom is -0.493 e. The van der Waals surface area contributed by atoms with Crippen molar-refractivity contribution >= 4 is 47.2 Å². The van der Waals surface area contributed by atoms with Crippen molar-refractivity contribution in [3.63, 3.8) is 0 Å². The molecule has 0 aliphatic carbocycles. The second kappa shape index (κ2) is 17.9. The predicted molar refractivity (Wildman–Crippen MR) is 200 cm³/mol. The number of ether oxygens (including phenoxy) is 6. The van der Waals surface area contributed by atoms with E-state index in [0.717, 1.165) is 11.1 Å². The van der Waals surface area contributed by atoms with E-state index in [1.807, 2.05) is 71.5 Å². The van der Waals surface area contributed by atoms with E-state index in [1.54, 1.807) is 36.4 Å². The van der Waals surface area contributed by atoms with Crippen LogP contribution in [0, 0.1) is 0 Å². The van der Waals surface area contributed by atoms with E-state index in [1.165, 1.54) is 64.1 Å². The molecule has 1 heterocycles. The molecule has 0 saturated heterocycles. The number of hydrogen-bond acceptors (Lipinski definition) is 10. The van der Waals surface area contributed by atoms with Crippen LogP contribution in [0.25, 0.3) is 12.2 Å². The van der Waals surface area contributed by atoms with Crippen LogP contribution in [0.3, 0.4) is 0 Å². The third-order valence-electron chi connectivity index (χ3n) is 7.37. The molecule has 1 aliphatic rings. The smallest absolute Gasteiger partial charge is 0.203 e. The predicted octanol–water partition coefficient (Wildman–Crippen LogP) is 8.91. The van der Waals surface area contributed by atoms with Gasteiger partial charge >= 0.3 is 0 Å². The third kappa shape index (κ3) is 9.22. The number of methoxy groups -OCH3 is 4. The minimum absolute atomic E-state index is 0.0565. The molecule has 8 nitrogen and oxygen atoms in total. The molecule has 0 N–H and O–H groups in total. The van der Waals surface area contributed by atoms with Crippen molar-refractivity contribution in [3.8, 4) is 34.5 Å². The Bertz CT molecular complexity index is 1740. The molecule has 4 aromatic rings. The number of hydrogen-bond donors (Lipinski definition) is 0. The van der Waals surface area contributed by atoms with Gasteiger partial charge in [0.25, 0.3) is 0 Å². The second-order valence-corrected chi connectivity index (χ2v) is 12.7. The highest BCUT2D eigenvalue weighted by Gasteiger charge is 2.22. The molecule has 0 radical (unpaired) electrons. The summed E-state index contributed by atoms with van der Waals surface area (Å²) in [4.78, 5) is 27.3. The van der Waals surface area contributed by atoms with Crippen LogP contribution in [0.2, 0.25) is 0 Å². The highest BCUT2D eigenvalue weighted by Crippen LogP contribution is 2.42. The molecular formula is C40H36O8S2. The largest absolute Gasteiger partial charge is 0.493 e. The van der Waals surface area contributed by atoms with Crippen molar-refractivity contribution in [2.75, 3.05) is 28.4 Å². The van der Waals surface area contributed by atoms with Crippen LogP contribution in [-0.2, 0) is 22.8 Å². The fourth-order valence-corrected chi connectivity index (χ4v) is 6.78. The molecule has 0 spiro atoms. The highest BCUT2D eigenvalue weighted by molar-refractivity contribution is 8.27. The molecule has 1 aliphatic heterocycles. The van der Waals surface area contributed by atoms with Gasteiger partial charge in [-0.1, -0.05) is 96.3 Å². The Morgan fingerprint density at radius 2 is 0.920 bits per heavy atom. The summed E-state index contributed by atoms with van der Waals surface area (Å²) in [5, 5.41) is 3.67. The number of benzene rings is 4. The number of carbonyl (C=O) groups is 2. The lowest BCUT2D eigenvalue weighted by atomic mass is 10.0. The molecule has 0 bridgehead atoms. The summed E-state index contributed by atoms with van der Waals surface area (Å²) in [6.45, 7) is 0.645. The van der Waals surface area contributed by atoms with E-state index in [9.17, 15) is 9.59 Å². The SMILES string of the molecule is COc1cc(/C=C/C(=O)C(C(=O)/C=C/c2cc(OC)c(OCc3ccccc3)c(OC)c2)=C2SC=CS2)cc(OC)c1OCc1ccccc1. The van der Waals surface area contributed by atoms with E-state index >= 15 is 0 Å². The number of ketones is 2. The van der Waals surface area contributed by atoms with E-state index in [4.69, 9.17) is 28.4 Å². The lowest BCUT2D eigenvalue weighted by Gasteiger charge is -2.15. The Morgan fingerprint density at radius 1 is 0.560 bits per heavy atom. The highest BCUT2D eigenvalue weighted by atomic mass is 32.2. The summed E-state index contributed by atoms with van der Waals surface area (Å²) >= 11 is 2.65. The molecule has 0 fully saturated rings. The van der Waals surface area contributed by atoms with Crippen LogP contribution in [-0.4, -0.2) is 40.0 Å². The molecule has 10 heteroatoms. The van der Waals surface area contributed by atoms with Gasteiger partial charge in [-0.3, -0.25) is 9.59 Å². The number of carbonyl (C=O) groups excluding carboxylic acids is 2. The van der Waals surface area contributed by atoms with Gasteiger partial charge in [0.15, 0.2) is 34.6 Å². The first-order valence-electron chi connectivity index (χ1n) is 15.5. The average molecular weight is 709 g/mol. The monoisotopic (exact) mass is 708 g/mol. The molecule has 5 rings (SSSR count). The maximum Gasteiger partial charge on any atom is 0.203 e. The normalized spacial score (nSPS) is 12.3. The van der Waals surface area contributed by atoms with Crippen molar-refractivity contribution in [1.29, 1.82) is 0 Å². The van der Waals surface area contributed by atoms with Crippen LogP contribution in [0.4, 0.5) is 0 Å². The van der Waals surface area contributed by atoms with E-state index in [2.05, 4.69) is 0 Å². The van der Waals surface area contributed by atoms with Gasteiger partial charge in [0, 0.05) is 0 Å². The van der Waals surface area contributed by atoms with Crippen molar-refractivity contribution in [1.82, 2.24) is 0 Å². The van der Waals surface area contributed by atoms with E-state index in [0.29, 0.717) is 63.1 Å². The number of allylic oxidation sites excluding steroid dienone is 3. The Morgan fingerprint density at radius 3 is 1.26 bits per heavy atom. The van der Waals surface area contributed by atoms with Gasteiger partial charge in [0.05, 0.1) is 38.2 Å². The molecule has 0 amide bonds. The zero-order valence-electron chi connectivity index (χ0n) is 28.0. The van der Waals surface area contributed by atoms with Crippen LogP contribution < -0.4 is 28.4 Å². The first kappa shape index (κ1) is 36.0. The van der Waals surface area contributed by atoms with Crippen molar-refractivity contribution in [2.24, 2.45) is 0 Å². The zero-order chi connectivity index (χ0) is 35.3. The molecule has 50 heavy (non-hydrogen) atoms. The summed E-state index contributed by atoms with van der Waals surface area (Å²) in [5.41, 5.74) is 3.30. The maximum atomic E-state index is 13.6. The van der Waals surface area contributed by atoms with Gasteiger partial charge in [-0.2, -0.15) is 0 Å². The Hall–Kier alpha value is -5.32. The number of thioether (sulfide) groups is 2. The van der Waals surface area contributed by atoms with Crippen molar-refractivity contribution in [3.05, 3.63) is 140 Å². The first-order chi connectivity index (χ1) is 24.4. The van der Waals surface area contributed by atoms with E-state index in [-0.39, 0.29) is 5.57 Å². The Labute approximate surface area is 300 Å². The van der Waals surface area contributed by atoms with Crippen molar-refractivity contribution < 1.29 is 38.0 Å². The van der Waals surface area contributed by atoms with Crippen LogP contribution >= 0.6 is 23.5 Å². The van der Waals surface area contributed by atoms with Crippen LogP contribution in [0.1, 0.15) is 22.3 Å². The molecule has 0 aromatic heterocycles. The molecule has 0 atom stereocenters. The fourth-order valence-electron chi connectivity index (χ4n) is 4.89. The lowest BCUT2D eigenvalue weighted by Crippen LogP contribution is -2.10. The quantitative estimate of drug-likeness (QED) is 0.0639. The first-order valence-corrected chi connectivity index (χ1v) is 17.2. The summed E-state index contributed by atoms with van der Waals surface area (Å²) in [7, 11) is 6.14. The van der Waals surface area contributed by atoms with Gasteiger partial charge in [-0.25, -0.2) is 0 Å². The average Bonchev–Trinajstić information content (AvgIpc) is 3.69. The zero-order valence-corrected chi connectivity index (χ0v) is 29.7.